The fourth-order valence-electron chi connectivity index (χ4n) is 4.68. The number of ether oxygens (including phenoxy) is 1. The molecule has 1 amide bonds. The molecule has 3 heterocycles. The number of amides is 1. The van der Waals surface area contributed by atoms with Gasteiger partial charge in [-0.2, -0.15) is 5.10 Å². The zero-order chi connectivity index (χ0) is 18.5. The van der Waals surface area contributed by atoms with E-state index in [2.05, 4.69) is 28.9 Å². The summed E-state index contributed by atoms with van der Waals surface area (Å²) >= 11 is 0. The third kappa shape index (κ3) is 2.32. The van der Waals surface area contributed by atoms with Crippen LogP contribution in [0.5, 0.6) is 0 Å². The summed E-state index contributed by atoms with van der Waals surface area (Å²) in [6.07, 6.45) is 5.25. The molecule has 4 rings (SSSR count). The minimum atomic E-state index is -0.567. The van der Waals surface area contributed by atoms with Crippen LogP contribution >= 0.6 is 0 Å². The van der Waals surface area contributed by atoms with Crippen molar-refractivity contribution in [2.24, 2.45) is 16.7 Å². The Bertz CT molecular complexity index is 846. The maximum atomic E-state index is 12.9. The van der Waals surface area contributed by atoms with Gasteiger partial charge in [0.1, 0.15) is 12.7 Å². The lowest BCUT2D eigenvalue weighted by atomic mass is 9.48. The number of esters is 1. The Labute approximate surface area is 151 Å². The zero-order valence-electron chi connectivity index (χ0n) is 15.0. The summed E-state index contributed by atoms with van der Waals surface area (Å²) in [5.74, 6) is 0.384. The molecule has 0 N–H and O–H groups in total. The second kappa shape index (κ2) is 5.62. The summed E-state index contributed by atoms with van der Waals surface area (Å²) < 4.78 is 6.57. The van der Waals surface area contributed by atoms with Crippen LogP contribution in [0.4, 0.5) is 0 Å². The van der Waals surface area contributed by atoms with E-state index in [4.69, 9.17) is 4.74 Å². The number of carbonyl (C=O) groups excluding carboxylic acids is 2. The first-order valence-corrected chi connectivity index (χ1v) is 8.56. The van der Waals surface area contributed by atoms with Crippen molar-refractivity contribution in [3.05, 3.63) is 36.5 Å². The molecule has 2 fully saturated rings. The van der Waals surface area contributed by atoms with Crippen molar-refractivity contribution in [1.29, 1.82) is 0 Å². The van der Waals surface area contributed by atoms with E-state index in [1.165, 1.54) is 24.3 Å². The van der Waals surface area contributed by atoms with Crippen LogP contribution < -0.4 is 0 Å². The Hall–Kier alpha value is -2.77. The number of hydrogen-bond acceptors (Lipinski definition) is 6. The molecule has 26 heavy (non-hydrogen) atoms. The standard InChI is InChI=1S/C18H21N5O3/c1-17(2)8-18(16(25)26-3)9-22(7-13(17)18)15(24)12-4-5-14(20-6-12)23-11-19-10-21-23/h4-6,10-11,13H,7-9H2,1-3H3/t13-,18+/m1/s1. The van der Waals surface area contributed by atoms with Crippen molar-refractivity contribution in [3.8, 4) is 5.82 Å². The summed E-state index contributed by atoms with van der Waals surface area (Å²) in [4.78, 5) is 35.2. The summed E-state index contributed by atoms with van der Waals surface area (Å²) in [5, 5.41) is 4.02. The van der Waals surface area contributed by atoms with Crippen LogP contribution in [0, 0.1) is 16.7 Å². The number of hydrogen-bond donors (Lipinski definition) is 0. The molecule has 0 unspecified atom stereocenters. The van der Waals surface area contributed by atoms with Crippen molar-refractivity contribution in [2.45, 2.75) is 20.3 Å². The molecule has 2 atom stereocenters. The predicted octanol–water partition coefficient (Wildman–Crippen LogP) is 1.32. The van der Waals surface area contributed by atoms with Crippen LogP contribution in [0.1, 0.15) is 30.6 Å². The van der Waals surface area contributed by atoms with Gasteiger partial charge >= 0.3 is 5.97 Å². The largest absolute Gasteiger partial charge is 0.469 e. The quantitative estimate of drug-likeness (QED) is 0.772. The molecule has 1 aliphatic heterocycles. The van der Waals surface area contributed by atoms with Crippen molar-refractivity contribution in [1.82, 2.24) is 24.6 Å². The van der Waals surface area contributed by atoms with E-state index < -0.39 is 5.41 Å². The number of aromatic nitrogens is 4. The number of rotatable bonds is 3. The molecule has 0 spiro atoms. The molecule has 0 bridgehead atoms. The van der Waals surface area contributed by atoms with E-state index in [1.807, 2.05) is 0 Å². The van der Waals surface area contributed by atoms with Gasteiger partial charge in [-0.3, -0.25) is 9.59 Å². The Morgan fingerprint density at radius 1 is 1.31 bits per heavy atom. The average Bonchev–Trinajstić information content (AvgIpc) is 3.27. The molecule has 2 aromatic rings. The number of carbonyl (C=O) groups is 2. The SMILES string of the molecule is COC(=O)[C@@]12CN(C(=O)c3ccc(-n4cncn4)nc3)C[C@@H]1C(C)(C)C2. The van der Waals surface area contributed by atoms with Gasteiger partial charge < -0.3 is 9.64 Å². The summed E-state index contributed by atoms with van der Waals surface area (Å²) in [5.41, 5.74) is -0.0477. The van der Waals surface area contributed by atoms with Gasteiger partial charge in [-0.05, 0) is 29.9 Å². The van der Waals surface area contributed by atoms with Gasteiger partial charge in [0.15, 0.2) is 5.82 Å². The lowest BCUT2D eigenvalue weighted by Gasteiger charge is -2.54. The van der Waals surface area contributed by atoms with Crippen LogP contribution in [0.2, 0.25) is 0 Å². The number of pyridine rings is 1. The Balaban J connectivity index is 1.55. The first kappa shape index (κ1) is 16.7. The average molecular weight is 355 g/mol. The molecular weight excluding hydrogens is 334 g/mol. The van der Waals surface area contributed by atoms with Crippen molar-refractivity contribution in [2.75, 3.05) is 20.2 Å². The summed E-state index contributed by atoms with van der Waals surface area (Å²) in [7, 11) is 1.41. The van der Waals surface area contributed by atoms with Gasteiger partial charge in [0.05, 0.1) is 18.1 Å². The normalized spacial score (nSPS) is 26.1. The van der Waals surface area contributed by atoms with Crippen LogP contribution in [0.3, 0.4) is 0 Å². The highest BCUT2D eigenvalue weighted by Crippen LogP contribution is 2.63. The first-order valence-electron chi connectivity index (χ1n) is 8.56. The van der Waals surface area contributed by atoms with E-state index in [1.54, 1.807) is 23.4 Å². The van der Waals surface area contributed by atoms with E-state index >= 15 is 0 Å². The van der Waals surface area contributed by atoms with Crippen molar-refractivity contribution in [3.63, 3.8) is 0 Å². The van der Waals surface area contributed by atoms with Crippen molar-refractivity contribution < 1.29 is 14.3 Å². The molecule has 8 nitrogen and oxygen atoms in total. The molecule has 1 saturated carbocycles. The van der Waals surface area contributed by atoms with E-state index in [0.29, 0.717) is 24.5 Å². The van der Waals surface area contributed by atoms with Gasteiger partial charge in [0, 0.05) is 19.3 Å². The fourth-order valence-corrected chi connectivity index (χ4v) is 4.68. The lowest BCUT2D eigenvalue weighted by Crippen LogP contribution is -2.57. The van der Waals surface area contributed by atoms with Crippen LogP contribution in [-0.2, 0) is 9.53 Å². The molecule has 1 saturated heterocycles. The highest BCUT2D eigenvalue weighted by atomic mass is 16.5. The van der Waals surface area contributed by atoms with Gasteiger partial charge in [0.25, 0.3) is 5.91 Å². The zero-order valence-corrected chi connectivity index (χ0v) is 15.0. The highest BCUT2D eigenvalue weighted by Gasteiger charge is 2.68. The maximum Gasteiger partial charge on any atom is 0.314 e. The second-order valence-corrected chi connectivity index (χ2v) is 7.80. The highest BCUT2D eigenvalue weighted by molar-refractivity contribution is 5.95. The topological polar surface area (TPSA) is 90.2 Å². The first-order chi connectivity index (χ1) is 12.4. The smallest absolute Gasteiger partial charge is 0.314 e. The third-order valence-corrected chi connectivity index (χ3v) is 5.78. The Morgan fingerprint density at radius 2 is 2.12 bits per heavy atom. The second-order valence-electron chi connectivity index (χ2n) is 7.80. The van der Waals surface area contributed by atoms with Gasteiger partial charge in [-0.25, -0.2) is 14.6 Å². The van der Waals surface area contributed by atoms with E-state index in [0.717, 1.165) is 6.42 Å². The molecule has 0 radical (unpaired) electrons. The number of likely N-dealkylation sites (tertiary alicyclic amines) is 1. The number of nitrogens with zero attached hydrogens (tertiary/aromatic N) is 5. The van der Waals surface area contributed by atoms with Crippen LogP contribution in [0.15, 0.2) is 31.0 Å². The van der Waals surface area contributed by atoms with Crippen LogP contribution in [0.25, 0.3) is 5.82 Å². The number of fused-ring (bicyclic) bond motifs is 1. The van der Waals surface area contributed by atoms with Crippen molar-refractivity contribution >= 4 is 11.9 Å². The summed E-state index contributed by atoms with van der Waals surface area (Å²) in [6.45, 7) is 5.24. The van der Waals surface area contributed by atoms with Crippen LogP contribution in [-0.4, -0.2) is 56.7 Å². The molecule has 136 valence electrons. The third-order valence-electron chi connectivity index (χ3n) is 5.78. The van der Waals surface area contributed by atoms with Gasteiger partial charge in [-0.15, -0.1) is 0 Å². The molecule has 0 aromatic carbocycles. The molecule has 2 aromatic heterocycles. The molecule has 1 aliphatic carbocycles. The van der Waals surface area contributed by atoms with Gasteiger partial charge in [-0.1, -0.05) is 13.8 Å². The van der Waals surface area contributed by atoms with Gasteiger partial charge in [0.2, 0.25) is 0 Å². The van der Waals surface area contributed by atoms with E-state index in [-0.39, 0.29) is 23.2 Å². The minimum absolute atomic E-state index is 0.0262. The number of methoxy groups -OCH3 is 1. The molecule has 2 aliphatic rings. The maximum absolute atomic E-state index is 12.9. The molecular formula is C18H21N5O3. The fraction of sp³-hybridized carbons (Fsp3) is 0.500. The van der Waals surface area contributed by atoms with E-state index in [9.17, 15) is 9.59 Å². The molecule has 8 heteroatoms. The summed E-state index contributed by atoms with van der Waals surface area (Å²) in [6, 6.07) is 3.45. The Morgan fingerprint density at radius 3 is 2.69 bits per heavy atom. The predicted molar refractivity (Wildman–Crippen MR) is 91.4 cm³/mol. The Kier molecular flexibility index (Phi) is 3.61. The monoisotopic (exact) mass is 355 g/mol. The minimum Gasteiger partial charge on any atom is -0.469 e. The lowest BCUT2D eigenvalue weighted by molar-refractivity contribution is -0.174.